The third-order valence-electron chi connectivity index (χ3n) is 3.45. The van der Waals surface area contributed by atoms with Crippen LogP contribution in [0, 0.1) is 0 Å². The Hall–Kier alpha value is -3.28. The highest BCUT2D eigenvalue weighted by Crippen LogP contribution is 2.24. The maximum atomic E-state index is 4.85. The molecule has 0 saturated carbocycles. The zero-order valence-electron chi connectivity index (χ0n) is 12.2. The lowest BCUT2D eigenvalue weighted by Crippen LogP contribution is -2.04. The molecule has 0 bridgehead atoms. The highest BCUT2D eigenvalue weighted by atomic mass is 16.5. The van der Waals surface area contributed by atoms with Gasteiger partial charge < -0.3 is 9.84 Å². The Bertz CT molecular complexity index is 922. The van der Waals surface area contributed by atoms with Crippen molar-refractivity contribution < 1.29 is 4.52 Å². The molecule has 0 unspecified atom stereocenters. The number of nitrogens with zero attached hydrogens (tertiary/aromatic N) is 4. The van der Waals surface area contributed by atoms with Crippen LogP contribution >= 0.6 is 0 Å². The Morgan fingerprint density at radius 2 is 1.96 bits per heavy atom. The van der Waals surface area contributed by atoms with Gasteiger partial charge in [0.25, 0.3) is 0 Å². The smallest absolute Gasteiger partial charge is 0.163 e. The molecule has 0 atom stereocenters. The van der Waals surface area contributed by atoms with Crippen LogP contribution < -0.4 is 5.32 Å². The van der Waals surface area contributed by atoms with Gasteiger partial charge in [0, 0.05) is 29.4 Å². The summed E-state index contributed by atoms with van der Waals surface area (Å²) >= 11 is 0. The lowest BCUT2D eigenvalue weighted by atomic mass is 10.2. The molecule has 0 amide bonds. The van der Waals surface area contributed by atoms with Crippen LogP contribution in [0.4, 0.5) is 5.82 Å². The van der Waals surface area contributed by atoms with Crippen molar-refractivity contribution in [3.05, 3.63) is 66.8 Å². The van der Waals surface area contributed by atoms with Gasteiger partial charge in [-0.15, -0.1) is 0 Å². The summed E-state index contributed by atoms with van der Waals surface area (Å²) in [7, 11) is 0. The fourth-order valence-electron chi connectivity index (χ4n) is 2.34. The summed E-state index contributed by atoms with van der Waals surface area (Å²) < 4.78 is 4.85. The van der Waals surface area contributed by atoms with E-state index in [1.807, 2.05) is 42.5 Å². The Labute approximate surface area is 132 Å². The second kappa shape index (κ2) is 5.84. The quantitative estimate of drug-likeness (QED) is 0.623. The summed E-state index contributed by atoms with van der Waals surface area (Å²) in [6.45, 7) is 0.532. The number of nitrogens with one attached hydrogen (secondary N) is 1. The fourth-order valence-corrected chi connectivity index (χ4v) is 2.34. The minimum absolute atomic E-state index is 0.532. The highest BCUT2D eigenvalue weighted by Gasteiger charge is 2.09. The molecular weight excluding hydrogens is 290 g/mol. The largest absolute Gasteiger partial charge is 0.364 e. The van der Waals surface area contributed by atoms with Crippen LogP contribution in [0.2, 0.25) is 0 Å². The number of benzene rings is 1. The summed E-state index contributed by atoms with van der Waals surface area (Å²) in [4.78, 5) is 13.4. The van der Waals surface area contributed by atoms with Crippen molar-refractivity contribution in [2.45, 2.75) is 6.54 Å². The first-order valence-electron chi connectivity index (χ1n) is 7.20. The molecule has 0 aliphatic carbocycles. The Morgan fingerprint density at radius 3 is 2.78 bits per heavy atom. The zero-order chi connectivity index (χ0) is 15.5. The molecule has 112 valence electrons. The number of fused-ring (bicyclic) bond motifs is 1. The first-order valence-corrected chi connectivity index (χ1v) is 7.20. The van der Waals surface area contributed by atoms with E-state index < -0.39 is 0 Å². The third-order valence-corrected chi connectivity index (χ3v) is 3.45. The van der Waals surface area contributed by atoms with Gasteiger partial charge in [0.15, 0.2) is 5.82 Å². The van der Waals surface area contributed by atoms with Crippen molar-refractivity contribution in [3.8, 4) is 11.4 Å². The van der Waals surface area contributed by atoms with E-state index in [1.165, 1.54) is 0 Å². The first-order chi connectivity index (χ1) is 11.4. The third kappa shape index (κ3) is 2.74. The van der Waals surface area contributed by atoms with E-state index in [0.717, 1.165) is 28.0 Å². The predicted molar refractivity (Wildman–Crippen MR) is 86.6 cm³/mol. The molecule has 0 fully saturated rings. The van der Waals surface area contributed by atoms with Crippen LogP contribution in [0.3, 0.4) is 0 Å². The second-order valence-electron chi connectivity index (χ2n) is 5.00. The number of pyridine rings is 1. The lowest BCUT2D eigenvalue weighted by molar-refractivity contribution is 0.412. The Morgan fingerprint density at radius 1 is 1.00 bits per heavy atom. The predicted octanol–water partition coefficient (Wildman–Crippen LogP) is 3.29. The molecule has 1 aromatic carbocycles. The topological polar surface area (TPSA) is 76.7 Å². The van der Waals surface area contributed by atoms with Crippen molar-refractivity contribution in [2.24, 2.45) is 0 Å². The molecule has 0 aliphatic heterocycles. The second-order valence-corrected chi connectivity index (χ2v) is 5.00. The molecule has 0 spiro atoms. The molecule has 4 rings (SSSR count). The first kappa shape index (κ1) is 13.4. The molecule has 6 heteroatoms. The van der Waals surface area contributed by atoms with Crippen molar-refractivity contribution in [1.82, 2.24) is 20.1 Å². The number of anilines is 1. The van der Waals surface area contributed by atoms with E-state index in [1.54, 1.807) is 18.7 Å². The molecule has 0 aliphatic rings. The van der Waals surface area contributed by atoms with E-state index >= 15 is 0 Å². The van der Waals surface area contributed by atoms with E-state index in [4.69, 9.17) is 4.52 Å². The van der Waals surface area contributed by atoms with Crippen LogP contribution in [0.25, 0.3) is 22.3 Å². The van der Waals surface area contributed by atoms with Crippen molar-refractivity contribution >= 4 is 16.7 Å². The van der Waals surface area contributed by atoms with Crippen molar-refractivity contribution in [1.29, 1.82) is 0 Å². The minimum atomic E-state index is 0.532. The maximum absolute atomic E-state index is 4.85. The molecule has 4 aromatic rings. The van der Waals surface area contributed by atoms with Gasteiger partial charge in [-0.05, 0) is 24.3 Å². The summed E-state index contributed by atoms with van der Waals surface area (Å²) in [5.41, 5.74) is 2.57. The standard InChI is InChI=1S/C17H13N5O/c1-2-6-15-14(5-1)17(19-11-13-7-9-23-22-13)21-16(20-15)12-4-3-8-18-10-12/h1-10H,11H2,(H,19,20,21). The van der Waals surface area contributed by atoms with Crippen LogP contribution in [0.1, 0.15) is 5.69 Å². The average molecular weight is 303 g/mol. The van der Waals surface area contributed by atoms with Crippen molar-refractivity contribution in [2.75, 3.05) is 5.32 Å². The summed E-state index contributed by atoms with van der Waals surface area (Å²) in [5, 5.41) is 8.17. The summed E-state index contributed by atoms with van der Waals surface area (Å²) in [6.07, 6.45) is 5.04. The van der Waals surface area contributed by atoms with E-state index in [9.17, 15) is 0 Å². The van der Waals surface area contributed by atoms with Crippen LogP contribution in [0.15, 0.2) is 65.6 Å². The number of hydrogen-bond donors (Lipinski definition) is 1. The molecular formula is C17H13N5O. The lowest BCUT2D eigenvalue weighted by Gasteiger charge is -2.09. The van der Waals surface area contributed by atoms with Crippen LogP contribution in [0.5, 0.6) is 0 Å². The summed E-state index contributed by atoms with van der Waals surface area (Å²) in [5.74, 6) is 1.40. The molecule has 23 heavy (non-hydrogen) atoms. The average Bonchev–Trinajstić information content (AvgIpc) is 3.14. The zero-order valence-corrected chi connectivity index (χ0v) is 12.2. The van der Waals surface area contributed by atoms with Gasteiger partial charge in [-0.3, -0.25) is 4.98 Å². The molecule has 0 saturated heterocycles. The van der Waals surface area contributed by atoms with Gasteiger partial charge in [-0.25, -0.2) is 9.97 Å². The number of aromatic nitrogens is 4. The van der Waals surface area contributed by atoms with Gasteiger partial charge in [0.1, 0.15) is 17.8 Å². The normalized spacial score (nSPS) is 10.8. The Balaban J connectivity index is 1.77. The number of rotatable bonds is 4. The van der Waals surface area contributed by atoms with E-state index in [-0.39, 0.29) is 0 Å². The van der Waals surface area contributed by atoms with Crippen LogP contribution in [-0.2, 0) is 6.54 Å². The van der Waals surface area contributed by atoms with Gasteiger partial charge in [-0.2, -0.15) is 0 Å². The van der Waals surface area contributed by atoms with E-state index in [0.29, 0.717) is 12.4 Å². The molecule has 0 radical (unpaired) electrons. The van der Waals surface area contributed by atoms with Crippen molar-refractivity contribution in [3.63, 3.8) is 0 Å². The number of hydrogen-bond acceptors (Lipinski definition) is 6. The minimum Gasteiger partial charge on any atom is -0.364 e. The highest BCUT2D eigenvalue weighted by molar-refractivity contribution is 5.90. The molecule has 3 heterocycles. The Kier molecular flexibility index (Phi) is 3.40. The summed E-state index contributed by atoms with van der Waals surface area (Å²) in [6, 6.07) is 13.5. The van der Waals surface area contributed by atoms with Gasteiger partial charge >= 0.3 is 0 Å². The number of para-hydroxylation sites is 1. The van der Waals surface area contributed by atoms with Crippen LogP contribution in [-0.4, -0.2) is 20.1 Å². The monoisotopic (exact) mass is 303 g/mol. The van der Waals surface area contributed by atoms with Gasteiger partial charge in [-0.1, -0.05) is 17.3 Å². The fraction of sp³-hybridized carbons (Fsp3) is 0.0588. The van der Waals surface area contributed by atoms with E-state index in [2.05, 4.69) is 25.4 Å². The maximum Gasteiger partial charge on any atom is 0.163 e. The molecule has 1 N–H and O–H groups in total. The molecule has 3 aromatic heterocycles. The van der Waals surface area contributed by atoms with Gasteiger partial charge in [0.2, 0.25) is 0 Å². The molecule has 6 nitrogen and oxygen atoms in total. The SMILES string of the molecule is c1cncc(-c2nc(NCc3ccon3)c3ccccc3n2)c1. The van der Waals surface area contributed by atoms with Gasteiger partial charge in [0.05, 0.1) is 12.1 Å².